The molecule has 0 N–H and O–H groups in total. The van der Waals surface area contributed by atoms with Gasteiger partial charge in [-0.3, -0.25) is 9.78 Å². The van der Waals surface area contributed by atoms with Crippen LogP contribution in [0.25, 0.3) is 0 Å². The third-order valence-corrected chi connectivity index (χ3v) is 4.98. The minimum absolute atomic E-state index is 0.260. The number of hydrogen-bond acceptors (Lipinski definition) is 4. The van der Waals surface area contributed by atoms with E-state index < -0.39 is 5.97 Å². The first-order chi connectivity index (χ1) is 14.0. The zero-order chi connectivity index (χ0) is 20.8. The molecule has 0 aliphatic rings. The summed E-state index contributed by atoms with van der Waals surface area (Å²) in [7, 11) is 0. The lowest BCUT2D eigenvalue weighted by Crippen LogP contribution is -2.30. The smallest absolute Gasteiger partial charge is 0.338 e. The van der Waals surface area contributed by atoms with Crippen molar-refractivity contribution in [3.05, 3.63) is 93.2 Å². The number of pyridine rings is 1. The molecule has 1 heterocycles. The quantitative estimate of drug-likeness (QED) is 0.442. The Kier molecular flexibility index (Phi) is 7.01. The van der Waals surface area contributed by atoms with E-state index in [0.717, 1.165) is 10.0 Å². The summed E-state index contributed by atoms with van der Waals surface area (Å²) in [5.41, 5.74) is 2.29. The molecule has 0 spiro atoms. The molecule has 29 heavy (non-hydrogen) atoms. The molecule has 0 saturated carbocycles. The average Bonchev–Trinajstić information content (AvgIpc) is 2.74. The Hall–Kier alpha value is -2.70. The summed E-state index contributed by atoms with van der Waals surface area (Å²) in [4.78, 5) is 31.0. The van der Waals surface area contributed by atoms with E-state index in [1.165, 1.54) is 0 Å². The van der Waals surface area contributed by atoms with Crippen molar-refractivity contribution in [2.75, 3.05) is 11.5 Å². The van der Waals surface area contributed by atoms with E-state index in [1.54, 1.807) is 66.7 Å². The Balaban J connectivity index is 1.98. The summed E-state index contributed by atoms with van der Waals surface area (Å²) in [5, 5.41) is 0.359. The number of anilines is 1. The first kappa shape index (κ1) is 21.0. The van der Waals surface area contributed by atoms with E-state index in [0.29, 0.717) is 35.0 Å². The number of amides is 1. The fraction of sp³-hybridized carbons (Fsp3) is 0.136. The molecule has 148 valence electrons. The van der Waals surface area contributed by atoms with Gasteiger partial charge in [0, 0.05) is 22.6 Å². The van der Waals surface area contributed by atoms with Crippen LogP contribution in [0.3, 0.4) is 0 Å². The van der Waals surface area contributed by atoms with Gasteiger partial charge in [0.05, 0.1) is 29.3 Å². The molecular formula is C22H18BrClN2O3. The van der Waals surface area contributed by atoms with Crippen LogP contribution in [0, 0.1) is 0 Å². The van der Waals surface area contributed by atoms with Gasteiger partial charge in [-0.15, -0.1) is 0 Å². The summed E-state index contributed by atoms with van der Waals surface area (Å²) in [5.74, 6) is -0.664. The van der Waals surface area contributed by atoms with Gasteiger partial charge < -0.3 is 9.64 Å². The molecule has 2 aromatic carbocycles. The van der Waals surface area contributed by atoms with E-state index in [-0.39, 0.29) is 5.91 Å². The zero-order valence-corrected chi connectivity index (χ0v) is 18.0. The third-order valence-electron chi connectivity index (χ3n) is 4.16. The maximum atomic E-state index is 13.4. The van der Waals surface area contributed by atoms with Crippen LogP contribution in [-0.2, 0) is 11.3 Å². The highest BCUT2D eigenvalue weighted by Gasteiger charge is 2.21. The lowest BCUT2D eigenvalue weighted by Gasteiger charge is -2.24. The molecule has 0 aliphatic carbocycles. The standard InChI is InChI=1S/C22H18BrClN2O3/c1-2-29-22(28)16-5-8-18(9-6-16)26(14-15-4-3-11-25-13-15)21(27)19-12-17(23)7-10-20(19)24/h3-13H,2,14H2,1H3. The van der Waals surface area contributed by atoms with Crippen molar-refractivity contribution in [3.63, 3.8) is 0 Å². The molecule has 0 fully saturated rings. The molecule has 0 radical (unpaired) electrons. The van der Waals surface area contributed by atoms with Gasteiger partial charge >= 0.3 is 5.97 Å². The number of carbonyl (C=O) groups excluding carboxylic acids is 2. The minimum atomic E-state index is -0.403. The number of benzene rings is 2. The van der Waals surface area contributed by atoms with Gasteiger partial charge in [0.15, 0.2) is 0 Å². The number of halogens is 2. The number of carbonyl (C=O) groups is 2. The highest BCUT2D eigenvalue weighted by Crippen LogP contribution is 2.26. The van der Waals surface area contributed by atoms with Crippen LogP contribution in [0.2, 0.25) is 5.02 Å². The van der Waals surface area contributed by atoms with Crippen molar-refractivity contribution in [2.45, 2.75) is 13.5 Å². The predicted octanol–water partition coefficient (Wildman–Crippen LogP) is 5.52. The first-order valence-electron chi connectivity index (χ1n) is 8.92. The van der Waals surface area contributed by atoms with Crippen molar-refractivity contribution >= 4 is 45.1 Å². The second kappa shape index (κ2) is 9.67. The fourth-order valence-corrected chi connectivity index (χ4v) is 3.31. The van der Waals surface area contributed by atoms with Crippen molar-refractivity contribution in [3.8, 4) is 0 Å². The monoisotopic (exact) mass is 472 g/mol. The van der Waals surface area contributed by atoms with E-state index in [4.69, 9.17) is 16.3 Å². The fourth-order valence-electron chi connectivity index (χ4n) is 2.75. The molecule has 3 rings (SSSR count). The SMILES string of the molecule is CCOC(=O)c1ccc(N(Cc2cccnc2)C(=O)c2cc(Br)ccc2Cl)cc1. The molecule has 3 aromatic rings. The van der Waals surface area contributed by atoms with Gasteiger partial charge in [-0.05, 0) is 61.0 Å². The highest BCUT2D eigenvalue weighted by molar-refractivity contribution is 9.10. The molecule has 0 unspecified atom stereocenters. The van der Waals surface area contributed by atoms with Crippen LogP contribution in [0.15, 0.2) is 71.5 Å². The van der Waals surface area contributed by atoms with Crippen LogP contribution in [0.1, 0.15) is 33.2 Å². The van der Waals surface area contributed by atoms with Gasteiger partial charge in [0.1, 0.15) is 0 Å². The second-order valence-electron chi connectivity index (χ2n) is 6.14. The Morgan fingerprint density at radius 3 is 2.55 bits per heavy atom. The average molecular weight is 474 g/mol. The molecular weight excluding hydrogens is 456 g/mol. The van der Waals surface area contributed by atoms with Crippen LogP contribution in [0.5, 0.6) is 0 Å². The minimum Gasteiger partial charge on any atom is -0.462 e. The van der Waals surface area contributed by atoms with E-state index in [1.807, 2.05) is 12.1 Å². The molecule has 5 nitrogen and oxygen atoms in total. The van der Waals surface area contributed by atoms with Gasteiger partial charge in [-0.25, -0.2) is 4.79 Å². The lowest BCUT2D eigenvalue weighted by molar-refractivity contribution is 0.0526. The van der Waals surface area contributed by atoms with E-state index in [2.05, 4.69) is 20.9 Å². The molecule has 1 aromatic heterocycles. The Bertz CT molecular complexity index is 1010. The van der Waals surface area contributed by atoms with Crippen LogP contribution in [0.4, 0.5) is 5.69 Å². The number of rotatable bonds is 6. The number of ether oxygens (including phenoxy) is 1. The summed E-state index contributed by atoms with van der Waals surface area (Å²) < 4.78 is 5.77. The Morgan fingerprint density at radius 2 is 1.90 bits per heavy atom. The molecule has 0 saturated heterocycles. The molecule has 0 atom stereocenters. The van der Waals surface area contributed by atoms with Crippen LogP contribution < -0.4 is 4.90 Å². The van der Waals surface area contributed by atoms with Crippen LogP contribution >= 0.6 is 27.5 Å². The van der Waals surface area contributed by atoms with Crippen molar-refractivity contribution in [1.29, 1.82) is 0 Å². The van der Waals surface area contributed by atoms with Crippen molar-refractivity contribution in [2.24, 2.45) is 0 Å². The van der Waals surface area contributed by atoms with Gasteiger partial charge in [-0.2, -0.15) is 0 Å². The third kappa shape index (κ3) is 5.22. The maximum absolute atomic E-state index is 13.4. The topological polar surface area (TPSA) is 59.5 Å². The van der Waals surface area contributed by atoms with E-state index in [9.17, 15) is 9.59 Å². The van der Waals surface area contributed by atoms with Crippen molar-refractivity contribution < 1.29 is 14.3 Å². The normalized spacial score (nSPS) is 10.4. The van der Waals surface area contributed by atoms with E-state index >= 15 is 0 Å². The summed E-state index contributed by atoms with van der Waals surface area (Å²) in [6.45, 7) is 2.35. The van der Waals surface area contributed by atoms with Crippen LogP contribution in [-0.4, -0.2) is 23.5 Å². The Labute approximate surface area is 182 Å². The molecule has 1 amide bonds. The molecule has 0 bridgehead atoms. The summed E-state index contributed by atoms with van der Waals surface area (Å²) in [6.07, 6.45) is 3.38. The summed E-state index contributed by atoms with van der Waals surface area (Å²) >= 11 is 9.67. The van der Waals surface area contributed by atoms with Crippen molar-refractivity contribution in [1.82, 2.24) is 4.98 Å². The van der Waals surface area contributed by atoms with Gasteiger partial charge in [-0.1, -0.05) is 33.6 Å². The second-order valence-corrected chi connectivity index (χ2v) is 7.47. The molecule has 7 heteroatoms. The summed E-state index contributed by atoms with van der Waals surface area (Å²) in [6, 6.07) is 15.5. The Morgan fingerprint density at radius 1 is 1.14 bits per heavy atom. The zero-order valence-electron chi connectivity index (χ0n) is 15.6. The van der Waals surface area contributed by atoms with Gasteiger partial charge in [0.2, 0.25) is 0 Å². The first-order valence-corrected chi connectivity index (χ1v) is 10.1. The number of hydrogen-bond donors (Lipinski definition) is 0. The molecule has 0 aliphatic heterocycles. The van der Waals surface area contributed by atoms with Gasteiger partial charge in [0.25, 0.3) is 5.91 Å². The number of aromatic nitrogens is 1. The largest absolute Gasteiger partial charge is 0.462 e. The number of esters is 1. The highest BCUT2D eigenvalue weighted by atomic mass is 79.9. The maximum Gasteiger partial charge on any atom is 0.338 e. The number of nitrogens with zero attached hydrogens (tertiary/aromatic N) is 2. The predicted molar refractivity (Wildman–Crippen MR) is 116 cm³/mol. The lowest BCUT2D eigenvalue weighted by atomic mass is 10.1.